The summed E-state index contributed by atoms with van der Waals surface area (Å²) >= 11 is 1.73. The summed E-state index contributed by atoms with van der Waals surface area (Å²) in [6.45, 7) is 0. The number of aromatic nitrogens is 2. The van der Waals surface area contributed by atoms with Gasteiger partial charge in [-0.1, -0.05) is 19.3 Å². The minimum absolute atomic E-state index is 0.179. The van der Waals surface area contributed by atoms with Crippen LogP contribution in [0.15, 0.2) is 18.5 Å². The SMILES string of the molecule is NC1(c2nc3cnccc3s2)CCCCC1. The minimum atomic E-state index is -0.179. The van der Waals surface area contributed by atoms with E-state index in [1.807, 2.05) is 18.5 Å². The average Bonchev–Trinajstić information content (AvgIpc) is 2.74. The van der Waals surface area contributed by atoms with Gasteiger partial charge >= 0.3 is 0 Å². The predicted octanol–water partition coefficient (Wildman–Crippen LogP) is 2.81. The highest BCUT2D eigenvalue weighted by Gasteiger charge is 2.32. The second-order valence-corrected chi connectivity index (χ2v) is 5.61. The lowest BCUT2D eigenvalue weighted by molar-refractivity contribution is 0.302. The molecular weight excluding hydrogens is 218 g/mol. The molecule has 84 valence electrons. The minimum Gasteiger partial charge on any atom is -0.319 e. The molecule has 3 nitrogen and oxygen atoms in total. The molecule has 0 unspecified atom stereocenters. The van der Waals surface area contributed by atoms with Gasteiger partial charge in [-0.15, -0.1) is 11.3 Å². The Bertz CT molecular complexity index is 467. The summed E-state index contributed by atoms with van der Waals surface area (Å²) in [5, 5.41) is 1.09. The van der Waals surface area contributed by atoms with E-state index in [1.54, 1.807) is 11.3 Å². The molecule has 1 fully saturated rings. The third kappa shape index (κ3) is 1.62. The van der Waals surface area contributed by atoms with Gasteiger partial charge in [0, 0.05) is 6.20 Å². The molecule has 0 spiro atoms. The molecular formula is C12H15N3S. The highest BCUT2D eigenvalue weighted by molar-refractivity contribution is 7.18. The van der Waals surface area contributed by atoms with Gasteiger partial charge < -0.3 is 5.73 Å². The number of hydrogen-bond acceptors (Lipinski definition) is 4. The summed E-state index contributed by atoms with van der Waals surface area (Å²) in [4.78, 5) is 8.74. The van der Waals surface area contributed by atoms with Crippen LogP contribution < -0.4 is 5.73 Å². The van der Waals surface area contributed by atoms with E-state index in [4.69, 9.17) is 5.73 Å². The lowest BCUT2D eigenvalue weighted by Gasteiger charge is -2.31. The fraction of sp³-hybridized carbons (Fsp3) is 0.500. The Kier molecular flexibility index (Phi) is 2.41. The van der Waals surface area contributed by atoms with Crippen LogP contribution in [0.5, 0.6) is 0 Å². The predicted molar refractivity (Wildman–Crippen MR) is 66.4 cm³/mol. The first kappa shape index (κ1) is 10.2. The number of rotatable bonds is 1. The van der Waals surface area contributed by atoms with Gasteiger partial charge in [-0.25, -0.2) is 4.98 Å². The van der Waals surface area contributed by atoms with E-state index in [2.05, 4.69) is 9.97 Å². The molecule has 2 aromatic heterocycles. The fourth-order valence-electron chi connectivity index (χ4n) is 2.39. The molecule has 0 aliphatic heterocycles. The quantitative estimate of drug-likeness (QED) is 0.824. The van der Waals surface area contributed by atoms with Crippen molar-refractivity contribution in [2.45, 2.75) is 37.6 Å². The summed E-state index contributed by atoms with van der Waals surface area (Å²) in [5.41, 5.74) is 7.28. The number of nitrogens with zero attached hydrogens (tertiary/aromatic N) is 2. The summed E-state index contributed by atoms with van der Waals surface area (Å²) in [7, 11) is 0. The summed E-state index contributed by atoms with van der Waals surface area (Å²) < 4.78 is 1.19. The van der Waals surface area contributed by atoms with Crippen molar-refractivity contribution in [3.63, 3.8) is 0 Å². The van der Waals surface area contributed by atoms with E-state index in [0.717, 1.165) is 23.4 Å². The van der Waals surface area contributed by atoms with Crippen LogP contribution in [-0.2, 0) is 5.54 Å². The molecule has 2 heterocycles. The number of nitrogens with two attached hydrogens (primary N) is 1. The molecule has 0 bridgehead atoms. The van der Waals surface area contributed by atoms with Crippen LogP contribution in [-0.4, -0.2) is 9.97 Å². The van der Waals surface area contributed by atoms with E-state index >= 15 is 0 Å². The topological polar surface area (TPSA) is 51.8 Å². The zero-order valence-electron chi connectivity index (χ0n) is 9.15. The number of pyridine rings is 1. The maximum Gasteiger partial charge on any atom is 0.114 e. The van der Waals surface area contributed by atoms with E-state index in [0.29, 0.717) is 0 Å². The van der Waals surface area contributed by atoms with Crippen molar-refractivity contribution in [1.29, 1.82) is 0 Å². The highest BCUT2D eigenvalue weighted by atomic mass is 32.1. The lowest BCUT2D eigenvalue weighted by Crippen LogP contribution is -2.38. The van der Waals surface area contributed by atoms with Crippen molar-refractivity contribution in [3.05, 3.63) is 23.5 Å². The average molecular weight is 233 g/mol. The van der Waals surface area contributed by atoms with Gasteiger partial charge in [0.2, 0.25) is 0 Å². The maximum atomic E-state index is 6.47. The van der Waals surface area contributed by atoms with Crippen LogP contribution in [0.1, 0.15) is 37.1 Å². The molecule has 4 heteroatoms. The molecule has 3 rings (SSSR count). The first-order valence-corrected chi connectivity index (χ1v) is 6.59. The smallest absolute Gasteiger partial charge is 0.114 e. The molecule has 0 amide bonds. The molecule has 0 saturated heterocycles. The molecule has 1 aliphatic rings. The fourth-order valence-corrected chi connectivity index (χ4v) is 3.48. The number of thiazole rings is 1. The Morgan fingerprint density at radius 2 is 2.06 bits per heavy atom. The van der Waals surface area contributed by atoms with Crippen molar-refractivity contribution in [1.82, 2.24) is 9.97 Å². The first-order valence-electron chi connectivity index (χ1n) is 5.78. The maximum absolute atomic E-state index is 6.47. The van der Waals surface area contributed by atoms with E-state index < -0.39 is 0 Å². The zero-order valence-corrected chi connectivity index (χ0v) is 9.96. The van der Waals surface area contributed by atoms with Crippen LogP contribution in [0.3, 0.4) is 0 Å². The monoisotopic (exact) mass is 233 g/mol. The Labute approximate surface area is 98.7 Å². The molecule has 0 aromatic carbocycles. The van der Waals surface area contributed by atoms with Crippen LogP contribution in [0.4, 0.5) is 0 Å². The van der Waals surface area contributed by atoms with Gasteiger partial charge in [-0.2, -0.15) is 0 Å². The normalized spacial score (nSPS) is 20.1. The van der Waals surface area contributed by atoms with Crippen molar-refractivity contribution in [3.8, 4) is 0 Å². The van der Waals surface area contributed by atoms with Gasteiger partial charge in [-0.3, -0.25) is 4.98 Å². The Balaban J connectivity index is 2.04. The van der Waals surface area contributed by atoms with Gasteiger partial charge in [0.1, 0.15) is 5.01 Å². The molecule has 16 heavy (non-hydrogen) atoms. The molecule has 0 radical (unpaired) electrons. The summed E-state index contributed by atoms with van der Waals surface area (Å²) in [6.07, 6.45) is 9.54. The van der Waals surface area contributed by atoms with Gasteiger partial charge in [-0.05, 0) is 18.9 Å². The van der Waals surface area contributed by atoms with Crippen LogP contribution in [0, 0.1) is 0 Å². The lowest BCUT2D eigenvalue weighted by atomic mass is 9.83. The van der Waals surface area contributed by atoms with Crippen LogP contribution in [0.25, 0.3) is 10.2 Å². The molecule has 0 atom stereocenters. The van der Waals surface area contributed by atoms with Crippen molar-refractivity contribution in [2.75, 3.05) is 0 Å². The van der Waals surface area contributed by atoms with Gasteiger partial charge in [0.05, 0.1) is 22.0 Å². The second kappa shape index (κ2) is 3.79. The molecule has 1 saturated carbocycles. The number of fused-ring (bicyclic) bond motifs is 1. The van der Waals surface area contributed by atoms with Crippen molar-refractivity contribution in [2.24, 2.45) is 5.73 Å². The number of hydrogen-bond donors (Lipinski definition) is 1. The highest BCUT2D eigenvalue weighted by Crippen LogP contribution is 2.38. The largest absolute Gasteiger partial charge is 0.319 e. The third-order valence-electron chi connectivity index (χ3n) is 3.36. The Hall–Kier alpha value is -1.00. The van der Waals surface area contributed by atoms with Crippen molar-refractivity contribution >= 4 is 21.6 Å². The first-order chi connectivity index (χ1) is 7.78. The summed E-state index contributed by atoms with van der Waals surface area (Å²) in [6, 6.07) is 2.02. The van der Waals surface area contributed by atoms with Gasteiger partial charge in [0.15, 0.2) is 0 Å². The molecule has 2 N–H and O–H groups in total. The molecule has 1 aliphatic carbocycles. The van der Waals surface area contributed by atoms with E-state index in [9.17, 15) is 0 Å². The van der Waals surface area contributed by atoms with Crippen LogP contribution >= 0.6 is 11.3 Å². The third-order valence-corrected chi connectivity index (χ3v) is 4.62. The van der Waals surface area contributed by atoms with E-state index in [-0.39, 0.29) is 5.54 Å². The Morgan fingerprint density at radius 1 is 1.25 bits per heavy atom. The van der Waals surface area contributed by atoms with Gasteiger partial charge in [0.25, 0.3) is 0 Å². The second-order valence-electron chi connectivity index (χ2n) is 4.58. The summed E-state index contributed by atoms with van der Waals surface area (Å²) in [5.74, 6) is 0. The van der Waals surface area contributed by atoms with Crippen LogP contribution in [0.2, 0.25) is 0 Å². The van der Waals surface area contributed by atoms with E-state index in [1.165, 1.54) is 24.0 Å². The molecule has 2 aromatic rings. The standard InChI is InChI=1S/C12H15N3S/c13-12(5-2-1-3-6-12)11-15-9-8-14-7-4-10(9)16-11/h4,7-8H,1-3,5-6,13H2. The van der Waals surface area contributed by atoms with Crippen molar-refractivity contribution < 1.29 is 0 Å². The Morgan fingerprint density at radius 3 is 2.81 bits per heavy atom. The zero-order chi connectivity index (χ0) is 11.0.